The van der Waals surface area contributed by atoms with E-state index in [2.05, 4.69) is 13.8 Å². The Hall–Kier alpha value is -0.730. The summed E-state index contributed by atoms with van der Waals surface area (Å²) in [5.41, 5.74) is 0. The molecule has 0 aliphatic carbocycles. The third-order valence-corrected chi connectivity index (χ3v) is 3.16. The van der Waals surface area contributed by atoms with Crippen LogP contribution in [0.15, 0.2) is 0 Å². The Morgan fingerprint density at radius 3 is 2.33 bits per heavy atom. The molecule has 0 aromatic heterocycles. The van der Waals surface area contributed by atoms with Crippen molar-refractivity contribution in [1.82, 2.24) is 0 Å². The van der Waals surface area contributed by atoms with Crippen LogP contribution in [0.1, 0.15) is 72.6 Å². The van der Waals surface area contributed by atoms with E-state index in [-0.39, 0.29) is 6.10 Å². The molecule has 0 aliphatic rings. The van der Waals surface area contributed by atoms with E-state index < -0.39 is 6.16 Å². The average Bonchev–Trinajstić information content (AvgIpc) is 2.36. The Bertz CT molecular complexity index is 204. The van der Waals surface area contributed by atoms with E-state index in [1.54, 1.807) is 0 Å². The Kier molecular flexibility index (Phi) is 10.9. The lowest BCUT2D eigenvalue weighted by atomic mass is 10.0. The number of carbonyl (C=O) groups excluding carboxylic acids is 1. The van der Waals surface area contributed by atoms with Gasteiger partial charge in [0.1, 0.15) is 6.10 Å². The maximum absolute atomic E-state index is 11.3. The number of rotatable bonds is 10. The van der Waals surface area contributed by atoms with E-state index >= 15 is 0 Å². The van der Waals surface area contributed by atoms with Crippen LogP contribution in [-0.4, -0.2) is 18.9 Å². The molecule has 3 nitrogen and oxygen atoms in total. The van der Waals surface area contributed by atoms with Crippen molar-refractivity contribution in [3.05, 3.63) is 0 Å². The van der Waals surface area contributed by atoms with Gasteiger partial charge in [0.15, 0.2) is 0 Å². The first-order chi connectivity index (χ1) is 8.60. The van der Waals surface area contributed by atoms with Crippen LogP contribution in [0.25, 0.3) is 0 Å². The van der Waals surface area contributed by atoms with Crippen LogP contribution in [0.2, 0.25) is 0 Å². The number of unbranched alkanes of at least 4 members (excludes halogenated alkanes) is 4. The minimum atomic E-state index is -0.526. The predicted octanol–water partition coefficient (Wildman–Crippen LogP) is 4.93. The third kappa shape index (κ3) is 10.4. The second-order valence-corrected chi connectivity index (χ2v) is 5.21. The summed E-state index contributed by atoms with van der Waals surface area (Å²) >= 11 is 0. The summed E-state index contributed by atoms with van der Waals surface area (Å²) in [6.07, 6.45) is 7.80. The van der Waals surface area contributed by atoms with Crippen LogP contribution in [-0.2, 0) is 9.47 Å². The maximum atomic E-state index is 11.3. The van der Waals surface area contributed by atoms with Gasteiger partial charge in [-0.05, 0) is 25.7 Å². The van der Waals surface area contributed by atoms with Crippen molar-refractivity contribution in [1.29, 1.82) is 0 Å². The molecule has 108 valence electrons. The molecule has 0 aliphatic heterocycles. The Morgan fingerprint density at radius 1 is 1.06 bits per heavy atom. The Labute approximate surface area is 112 Å². The highest BCUT2D eigenvalue weighted by atomic mass is 16.7. The quantitative estimate of drug-likeness (QED) is 0.411. The first-order valence-electron chi connectivity index (χ1n) is 7.43. The summed E-state index contributed by atoms with van der Waals surface area (Å²) in [7, 11) is 0. The predicted molar refractivity (Wildman–Crippen MR) is 74.7 cm³/mol. The highest BCUT2D eigenvalue weighted by molar-refractivity contribution is 5.60. The Morgan fingerprint density at radius 2 is 1.72 bits per heavy atom. The summed E-state index contributed by atoms with van der Waals surface area (Å²) in [5.74, 6) is 0.427. The lowest BCUT2D eigenvalue weighted by molar-refractivity contribution is 0.0201. The maximum Gasteiger partial charge on any atom is 0.508 e. The van der Waals surface area contributed by atoms with Crippen LogP contribution in [0.5, 0.6) is 0 Å². The van der Waals surface area contributed by atoms with Gasteiger partial charge in [0.05, 0.1) is 6.61 Å². The molecule has 2 atom stereocenters. The summed E-state index contributed by atoms with van der Waals surface area (Å²) in [6, 6.07) is 0. The molecule has 0 N–H and O–H groups in total. The normalized spacial score (nSPS) is 14.0. The van der Waals surface area contributed by atoms with E-state index in [9.17, 15) is 4.79 Å². The SMILES string of the molecule is CCCCCCCC(C)COC(=O)OC(C)CC. The second-order valence-electron chi connectivity index (χ2n) is 5.21. The van der Waals surface area contributed by atoms with E-state index in [1.165, 1.54) is 32.1 Å². The standard InChI is InChI=1S/C15H30O3/c1-5-7-8-9-10-11-13(3)12-17-15(16)18-14(4)6-2/h13-14H,5-12H2,1-4H3. The largest absolute Gasteiger partial charge is 0.508 e. The van der Waals surface area contributed by atoms with Gasteiger partial charge in [-0.3, -0.25) is 0 Å². The summed E-state index contributed by atoms with van der Waals surface area (Å²) in [5, 5.41) is 0. The molecule has 0 bridgehead atoms. The average molecular weight is 258 g/mol. The zero-order valence-corrected chi connectivity index (χ0v) is 12.5. The van der Waals surface area contributed by atoms with Crippen LogP contribution in [0.3, 0.4) is 0 Å². The lowest BCUT2D eigenvalue weighted by Crippen LogP contribution is -2.18. The van der Waals surface area contributed by atoms with Crippen molar-refractivity contribution in [2.45, 2.75) is 78.7 Å². The molecule has 0 heterocycles. The summed E-state index contributed by atoms with van der Waals surface area (Å²) in [4.78, 5) is 11.3. The van der Waals surface area contributed by atoms with Crippen molar-refractivity contribution in [2.75, 3.05) is 6.61 Å². The summed E-state index contributed by atoms with van der Waals surface area (Å²) in [6.45, 7) is 8.67. The van der Waals surface area contributed by atoms with E-state index in [1.807, 2.05) is 13.8 Å². The summed E-state index contributed by atoms with van der Waals surface area (Å²) < 4.78 is 10.1. The van der Waals surface area contributed by atoms with Gasteiger partial charge in [-0.1, -0.05) is 52.9 Å². The zero-order chi connectivity index (χ0) is 13.8. The number of hydrogen-bond donors (Lipinski definition) is 0. The van der Waals surface area contributed by atoms with Crippen LogP contribution >= 0.6 is 0 Å². The van der Waals surface area contributed by atoms with E-state index in [0.717, 1.165) is 12.8 Å². The molecular formula is C15H30O3. The molecular weight excluding hydrogens is 228 g/mol. The van der Waals surface area contributed by atoms with Gasteiger partial charge in [0.2, 0.25) is 0 Å². The van der Waals surface area contributed by atoms with Gasteiger partial charge in [0.25, 0.3) is 0 Å². The molecule has 0 spiro atoms. The Balaban J connectivity index is 3.46. The van der Waals surface area contributed by atoms with Crippen molar-refractivity contribution < 1.29 is 14.3 Å². The van der Waals surface area contributed by atoms with Crippen molar-refractivity contribution in [2.24, 2.45) is 5.92 Å². The third-order valence-electron chi connectivity index (χ3n) is 3.16. The first-order valence-corrected chi connectivity index (χ1v) is 7.43. The van der Waals surface area contributed by atoms with Gasteiger partial charge < -0.3 is 9.47 Å². The zero-order valence-electron chi connectivity index (χ0n) is 12.5. The number of hydrogen-bond acceptors (Lipinski definition) is 3. The van der Waals surface area contributed by atoms with Crippen molar-refractivity contribution >= 4 is 6.16 Å². The minimum Gasteiger partial charge on any atom is -0.434 e. The molecule has 18 heavy (non-hydrogen) atoms. The van der Waals surface area contributed by atoms with Crippen LogP contribution in [0.4, 0.5) is 4.79 Å². The molecule has 0 amide bonds. The molecule has 2 unspecified atom stereocenters. The highest BCUT2D eigenvalue weighted by Crippen LogP contribution is 2.12. The molecule has 0 fully saturated rings. The number of ether oxygens (including phenoxy) is 2. The van der Waals surface area contributed by atoms with Gasteiger partial charge in [-0.2, -0.15) is 0 Å². The molecule has 0 aromatic carbocycles. The molecule has 0 rings (SSSR count). The van der Waals surface area contributed by atoms with E-state index in [0.29, 0.717) is 12.5 Å². The van der Waals surface area contributed by atoms with Gasteiger partial charge in [-0.15, -0.1) is 0 Å². The van der Waals surface area contributed by atoms with Gasteiger partial charge in [0, 0.05) is 0 Å². The van der Waals surface area contributed by atoms with Crippen LogP contribution in [0, 0.1) is 5.92 Å². The fourth-order valence-electron chi connectivity index (χ4n) is 1.67. The topological polar surface area (TPSA) is 35.5 Å². The van der Waals surface area contributed by atoms with Crippen molar-refractivity contribution in [3.63, 3.8) is 0 Å². The highest BCUT2D eigenvalue weighted by Gasteiger charge is 2.11. The minimum absolute atomic E-state index is 0.0538. The van der Waals surface area contributed by atoms with Gasteiger partial charge >= 0.3 is 6.16 Å². The fraction of sp³-hybridized carbons (Fsp3) is 0.933. The van der Waals surface area contributed by atoms with Crippen molar-refractivity contribution in [3.8, 4) is 0 Å². The lowest BCUT2D eigenvalue weighted by Gasteiger charge is -2.14. The molecule has 3 heteroatoms. The smallest absolute Gasteiger partial charge is 0.434 e. The fourth-order valence-corrected chi connectivity index (χ4v) is 1.67. The first kappa shape index (κ1) is 17.3. The molecule has 0 saturated heterocycles. The molecule has 0 saturated carbocycles. The number of carbonyl (C=O) groups is 1. The molecule has 0 aromatic rings. The monoisotopic (exact) mass is 258 g/mol. The molecule has 0 radical (unpaired) electrons. The van der Waals surface area contributed by atoms with Crippen LogP contribution < -0.4 is 0 Å². The van der Waals surface area contributed by atoms with E-state index in [4.69, 9.17) is 9.47 Å². The van der Waals surface area contributed by atoms with Gasteiger partial charge in [-0.25, -0.2) is 4.79 Å². The second kappa shape index (κ2) is 11.4.